The lowest BCUT2D eigenvalue weighted by Crippen LogP contribution is -2.14. The molecule has 0 aliphatic carbocycles. The average Bonchev–Trinajstić information content (AvgIpc) is 2.95. The Morgan fingerprint density at radius 3 is 2.31 bits per heavy atom. The molecule has 1 heterocycles. The van der Waals surface area contributed by atoms with E-state index in [2.05, 4.69) is 63.3 Å². The predicted octanol–water partition coefficient (Wildman–Crippen LogP) is 7.31. The molecule has 2 nitrogen and oxygen atoms in total. The number of aryl methyl sites for hydroxylation is 1. The van der Waals surface area contributed by atoms with E-state index in [1.807, 2.05) is 18.2 Å². The molecule has 0 saturated heterocycles. The molecule has 0 atom stereocenters. The molecular weight excluding hydrogens is 428 g/mol. The quantitative estimate of drug-likeness (QED) is 0.449. The molecule has 0 aliphatic rings. The van der Waals surface area contributed by atoms with Gasteiger partial charge in [0.1, 0.15) is 0 Å². The van der Waals surface area contributed by atoms with Gasteiger partial charge in [-0.2, -0.15) is 0 Å². The van der Waals surface area contributed by atoms with E-state index < -0.39 is 0 Å². The van der Waals surface area contributed by atoms with Crippen LogP contribution in [0.4, 0.5) is 10.8 Å². The van der Waals surface area contributed by atoms with Crippen LogP contribution in [0.15, 0.2) is 48.5 Å². The number of para-hydroxylation sites is 1. The smallest absolute Gasteiger partial charge is 0.187 e. The first-order chi connectivity index (χ1) is 11.8. The van der Waals surface area contributed by atoms with Gasteiger partial charge in [0.15, 0.2) is 5.13 Å². The highest BCUT2D eigenvalue weighted by Crippen LogP contribution is 2.35. The van der Waals surface area contributed by atoms with Gasteiger partial charge in [0, 0.05) is 27.4 Å². The van der Waals surface area contributed by atoms with Gasteiger partial charge < -0.3 is 5.32 Å². The van der Waals surface area contributed by atoms with Gasteiger partial charge >= 0.3 is 0 Å². The molecule has 3 aromatic rings. The highest BCUT2D eigenvalue weighted by atomic mass is 79.9. The summed E-state index contributed by atoms with van der Waals surface area (Å²) in [6.45, 7) is 8.75. The van der Waals surface area contributed by atoms with E-state index in [1.165, 1.54) is 16.0 Å². The second-order valence-corrected chi connectivity index (χ2v) is 8.80. The van der Waals surface area contributed by atoms with E-state index in [0.717, 1.165) is 28.0 Å². The van der Waals surface area contributed by atoms with Crippen LogP contribution in [0.25, 0.3) is 0 Å². The summed E-state index contributed by atoms with van der Waals surface area (Å²) in [6, 6.07) is 16.4. The van der Waals surface area contributed by atoms with Crippen LogP contribution >= 0.6 is 39.9 Å². The zero-order valence-corrected chi connectivity index (χ0v) is 18.8. The molecule has 0 amide bonds. The largest absolute Gasteiger partial charge is 0.331 e. The van der Waals surface area contributed by atoms with Crippen LogP contribution in [0.5, 0.6) is 0 Å². The highest BCUT2D eigenvalue weighted by molar-refractivity contribution is 8.93. The fourth-order valence-electron chi connectivity index (χ4n) is 2.73. The number of hydrogen-bond acceptors (Lipinski definition) is 3. The summed E-state index contributed by atoms with van der Waals surface area (Å²) in [4.78, 5) is 6.21. The molecule has 138 valence electrons. The maximum atomic E-state index is 6.01. The first-order valence-electron chi connectivity index (χ1n) is 8.40. The van der Waals surface area contributed by atoms with Crippen molar-refractivity contribution in [3.8, 4) is 0 Å². The number of nitrogens with zero attached hydrogens (tertiary/aromatic N) is 1. The van der Waals surface area contributed by atoms with Crippen molar-refractivity contribution in [2.75, 3.05) is 5.32 Å². The lowest BCUT2D eigenvalue weighted by atomic mass is 9.90. The molecule has 0 saturated carbocycles. The molecule has 1 aromatic heterocycles. The Bertz CT molecular complexity index is 866. The summed E-state index contributed by atoms with van der Waals surface area (Å²) >= 11 is 7.74. The van der Waals surface area contributed by atoms with E-state index in [-0.39, 0.29) is 22.4 Å². The molecule has 5 heteroatoms. The Kier molecular flexibility index (Phi) is 6.89. The van der Waals surface area contributed by atoms with E-state index in [9.17, 15) is 0 Å². The van der Waals surface area contributed by atoms with Crippen molar-refractivity contribution in [3.05, 3.63) is 75.3 Å². The third kappa shape index (κ3) is 5.09. The zero-order valence-electron chi connectivity index (χ0n) is 15.5. The number of hydrogen-bond donors (Lipinski definition) is 1. The fraction of sp³-hybridized carbons (Fsp3) is 0.286. The minimum Gasteiger partial charge on any atom is -0.331 e. The summed E-state index contributed by atoms with van der Waals surface area (Å²) < 4.78 is 0. The Labute approximate surface area is 175 Å². The van der Waals surface area contributed by atoms with Gasteiger partial charge in [0.2, 0.25) is 0 Å². The second kappa shape index (κ2) is 8.55. The van der Waals surface area contributed by atoms with Gasteiger partial charge in [-0.05, 0) is 36.2 Å². The van der Waals surface area contributed by atoms with Crippen LogP contribution < -0.4 is 5.32 Å². The minimum atomic E-state index is 0. The van der Waals surface area contributed by atoms with Crippen LogP contribution in [-0.4, -0.2) is 4.98 Å². The van der Waals surface area contributed by atoms with Crippen molar-refractivity contribution >= 4 is 50.7 Å². The van der Waals surface area contributed by atoms with Gasteiger partial charge in [0.25, 0.3) is 0 Å². The molecule has 1 N–H and O–H groups in total. The van der Waals surface area contributed by atoms with Crippen LogP contribution in [0.3, 0.4) is 0 Å². The second-order valence-electron chi connectivity index (χ2n) is 7.28. The Hall–Kier alpha value is -1.36. The van der Waals surface area contributed by atoms with Crippen LogP contribution in [0.1, 0.15) is 42.5 Å². The highest BCUT2D eigenvalue weighted by Gasteiger charge is 2.23. The van der Waals surface area contributed by atoms with Crippen molar-refractivity contribution in [3.63, 3.8) is 0 Å². The number of halogens is 2. The topological polar surface area (TPSA) is 24.9 Å². The number of nitrogens with one attached hydrogen (secondary N) is 1. The van der Waals surface area contributed by atoms with Crippen LogP contribution in [0, 0.1) is 6.92 Å². The Morgan fingerprint density at radius 2 is 1.69 bits per heavy atom. The van der Waals surface area contributed by atoms with Crippen molar-refractivity contribution in [2.24, 2.45) is 0 Å². The number of rotatable bonds is 4. The van der Waals surface area contributed by atoms with Crippen molar-refractivity contribution in [2.45, 2.75) is 39.5 Å². The first kappa shape index (κ1) is 20.9. The van der Waals surface area contributed by atoms with Gasteiger partial charge in [-0.15, -0.1) is 28.3 Å². The Morgan fingerprint density at radius 1 is 1.04 bits per heavy atom. The molecule has 0 spiro atoms. The monoisotopic (exact) mass is 450 g/mol. The lowest BCUT2D eigenvalue weighted by molar-refractivity contribution is 0.568. The van der Waals surface area contributed by atoms with E-state index >= 15 is 0 Å². The van der Waals surface area contributed by atoms with E-state index in [4.69, 9.17) is 16.6 Å². The van der Waals surface area contributed by atoms with Crippen molar-refractivity contribution < 1.29 is 0 Å². The maximum Gasteiger partial charge on any atom is 0.187 e. The summed E-state index contributed by atoms with van der Waals surface area (Å²) in [6.07, 6.45) is 0.872. The molecule has 3 rings (SSSR count). The molecule has 2 aromatic carbocycles. The maximum absolute atomic E-state index is 6.01. The number of anilines is 2. The van der Waals surface area contributed by atoms with Gasteiger partial charge in [0.05, 0.1) is 5.69 Å². The molecule has 0 radical (unpaired) electrons. The summed E-state index contributed by atoms with van der Waals surface area (Å²) in [5.41, 5.74) is 4.73. The third-order valence-electron chi connectivity index (χ3n) is 4.07. The molecule has 0 aliphatic heterocycles. The molecular formula is C21H24BrClN2S. The van der Waals surface area contributed by atoms with Crippen LogP contribution in [-0.2, 0) is 11.8 Å². The standard InChI is InChI=1S/C21H23ClN2S.BrH/c1-14-7-5-6-8-17(14)23-20-24-19(21(2,3)4)18(25-20)13-15-9-11-16(22)12-10-15;/h5-12H,13H2,1-4H3,(H,23,24);1H. The molecule has 0 fully saturated rings. The molecule has 26 heavy (non-hydrogen) atoms. The van der Waals surface area contributed by atoms with Gasteiger partial charge in [-0.1, -0.05) is 62.7 Å². The summed E-state index contributed by atoms with van der Waals surface area (Å²) in [5.74, 6) is 0. The van der Waals surface area contributed by atoms with Crippen molar-refractivity contribution in [1.29, 1.82) is 0 Å². The zero-order chi connectivity index (χ0) is 18.0. The molecule has 0 unspecified atom stereocenters. The number of aromatic nitrogens is 1. The molecule has 0 bridgehead atoms. The SMILES string of the molecule is Br.Cc1ccccc1Nc1nc(C(C)(C)C)c(Cc2ccc(Cl)cc2)s1. The summed E-state index contributed by atoms with van der Waals surface area (Å²) in [7, 11) is 0. The van der Waals surface area contributed by atoms with Crippen molar-refractivity contribution in [1.82, 2.24) is 4.98 Å². The van der Waals surface area contributed by atoms with Crippen LogP contribution in [0.2, 0.25) is 5.02 Å². The predicted molar refractivity (Wildman–Crippen MR) is 120 cm³/mol. The number of thiazole rings is 1. The Balaban J connectivity index is 0.00000243. The average molecular weight is 452 g/mol. The van der Waals surface area contributed by atoms with E-state index in [1.54, 1.807) is 11.3 Å². The third-order valence-corrected chi connectivity index (χ3v) is 5.30. The van der Waals surface area contributed by atoms with Gasteiger partial charge in [-0.3, -0.25) is 0 Å². The normalized spacial score (nSPS) is 11.1. The number of benzene rings is 2. The fourth-order valence-corrected chi connectivity index (χ4v) is 4.07. The first-order valence-corrected chi connectivity index (χ1v) is 9.59. The minimum absolute atomic E-state index is 0. The lowest BCUT2D eigenvalue weighted by Gasteiger charge is -2.17. The van der Waals surface area contributed by atoms with E-state index in [0.29, 0.717) is 0 Å². The summed E-state index contributed by atoms with van der Waals surface area (Å²) in [5, 5.41) is 5.20. The van der Waals surface area contributed by atoms with Gasteiger partial charge in [-0.25, -0.2) is 4.98 Å².